The molecule has 0 bridgehead atoms. The van der Waals surface area contributed by atoms with E-state index in [1.807, 2.05) is 20.8 Å². The molecule has 0 saturated heterocycles. The number of benzene rings is 1. The molecule has 1 aromatic rings. The molecule has 1 aliphatic rings. The molecule has 0 fully saturated rings. The number of hydrogen-bond donors (Lipinski definition) is 0. The Morgan fingerprint density at radius 3 is 2.56 bits per heavy atom. The normalized spacial score (nSPS) is 22.2. The van der Waals surface area contributed by atoms with E-state index in [0.29, 0.717) is 13.0 Å². The molecule has 5 heteroatoms. The van der Waals surface area contributed by atoms with Crippen LogP contribution in [0.15, 0.2) is 18.2 Å². The minimum atomic E-state index is -0.642. The van der Waals surface area contributed by atoms with Crippen molar-refractivity contribution < 1.29 is 9.72 Å². The largest absolute Gasteiger partial charge is 0.312 e. The van der Waals surface area contributed by atoms with Gasteiger partial charge in [-0.05, 0) is 31.9 Å². The highest BCUT2D eigenvalue weighted by molar-refractivity contribution is 6.08. The number of carbonyl (C=O) groups is 1. The highest BCUT2D eigenvalue weighted by Gasteiger charge is 2.46. The third-order valence-electron chi connectivity index (χ3n) is 3.82. The summed E-state index contributed by atoms with van der Waals surface area (Å²) in [6, 6.07) is 4.67. The fourth-order valence-corrected chi connectivity index (χ4v) is 2.49. The van der Waals surface area contributed by atoms with E-state index in [1.54, 1.807) is 11.0 Å². The Morgan fingerprint density at radius 1 is 1.39 bits per heavy atom. The summed E-state index contributed by atoms with van der Waals surface area (Å²) in [5.74, 6) is 0.0306. The minimum Gasteiger partial charge on any atom is -0.312 e. The maximum Gasteiger partial charge on any atom is 0.269 e. The Labute approximate surface area is 106 Å². The third kappa shape index (κ3) is 1.50. The zero-order valence-electron chi connectivity index (χ0n) is 10.8. The molecule has 0 spiro atoms. The van der Waals surface area contributed by atoms with Crippen LogP contribution in [-0.2, 0) is 10.2 Å². The molecule has 1 aromatic carbocycles. The molecule has 0 radical (unpaired) electrons. The molecule has 2 rings (SSSR count). The summed E-state index contributed by atoms with van der Waals surface area (Å²) < 4.78 is 0. The van der Waals surface area contributed by atoms with Gasteiger partial charge in [0.1, 0.15) is 0 Å². The van der Waals surface area contributed by atoms with Gasteiger partial charge in [-0.15, -0.1) is 0 Å². The first-order valence-electron chi connectivity index (χ1n) is 6.06. The fourth-order valence-electron chi connectivity index (χ4n) is 2.49. The van der Waals surface area contributed by atoms with Crippen LogP contribution in [0.5, 0.6) is 0 Å². The predicted molar refractivity (Wildman–Crippen MR) is 68.8 cm³/mol. The molecule has 0 N–H and O–H groups in total. The van der Waals surface area contributed by atoms with Crippen LogP contribution in [0.4, 0.5) is 11.4 Å². The lowest BCUT2D eigenvalue weighted by Crippen LogP contribution is -2.37. The van der Waals surface area contributed by atoms with Gasteiger partial charge >= 0.3 is 0 Å². The Kier molecular flexibility index (Phi) is 2.84. The summed E-state index contributed by atoms with van der Waals surface area (Å²) in [6.45, 7) is 6.27. The van der Waals surface area contributed by atoms with Gasteiger partial charge in [-0.3, -0.25) is 14.9 Å². The smallest absolute Gasteiger partial charge is 0.269 e. The van der Waals surface area contributed by atoms with Gasteiger partial charge in [0.05, 0.1) is 10.3 Å². The van der Waals surface area contributed by atoms with Gasteiger partial charge in [-0.25, -0.2) is 0 Å². The van der Waals surface area contributed by atoms with Crippen molar-refractivity contribution in [3.8, 4) is 0 Å². The zero-order valence-corrected chi connectivity index (χ0v) is 10.8. The number of non-ortho nitro benzene ring substituents is 1. The standard InChI is InChI=1S/C13H16N2O3/c1-4-13(3)10-8-9(15(17)18)6-7-11(10)14(5-2)12(13)16/h6-8H,4-5H2,1-3H3. The predicted octanol–water partition coefficient (Wildman–Crippen LogP) is 2.63. The van der Waals surface area contributed by atoms with E-state index in [2.05, 4.69) is 0 Å². The number of nitro benzene ring substituents is 1. The maximum absolute atomic E-state index is 12.4. The molecular formula is C13H16N2O3. The molecule has 1 atom stereocenters. The number of carbonyl (C=O) groups excluding carboxylic acids is 1. The second-order valence-electron chi connectivity index (χ2n) is 4.69. The van der Waals surface area contributed by atoms with Crippen LogP contribution in [0.3, 0.4) is 0 Å². The molecule has 1 aliphatic heterocycles. The second-order valence-corrected chi connectivity index (χ2v) is 4.69. The Morgan fingerprint density at radius 2 is 2.06 bits per heavy atom. The fraction of sp³-hybridized carbons (Fsp3) is 0.462. The molecular weight excluding hydrogens is 232 g/mol. The van der Waals surface area contributed by atoms with E-state index in [1.165, 1.54) is 12.1 Å². The monoisotopic (exact) mass is 248 g/mol. The van der Waals surface area contributed by atoms with Crippen molar-refractivity contribution in [2.75, 3.05) is 11.4 Å². The number of nitrogens with zero attached hydrogens (tertiary/aromatic N) is 2. The summed E-state index contributed by atoms with van der Waals surface area (Å²) in [7, 11) is 0. The minimum absolute atomic E-state index is 0.0306. The first-order chi connectivity index (χ1) is 8.45. The summed E-state index contributed by atoms with van der Waals surface area (Å²) in [6.07, 6.45) is 0.635. The SMILES string of the molecule is CCN1C(=O)C(C)(CC)c2cc([N+](=O)[O-])ccc21. The molecule has 0 aromatic heterocycles. The van der Waals surface area contributed by atoms with Gasteiger partial charge in [-0.1, -0.05) is 6.92 Å². The number of hydrogen-bond acceptors (Lipinski definition) is 3. The quantitative estimate of drug-likeness (QED) is 0.610. The van der Waals surface area contributed by atoms with Crippen LogP contribution < -0.4 is 4.90 Å². The molecule has 0 aliphatic carbocycles. The zero-order chi connectivity index (χ0) is 13.5. The molecule has 1 unspecified atom stereocenters. The lowest BCUT2D eigenvalue weighted by Gasteiger charge is -2.21. The van der Waals surface area contributed by atoms with Crippen molar-refractivity contribution in [1.82, 2.24) is 0 Å². The van der Waals surface area contributed by atoms with E-state index in [9.17, 15) is 14.9 Å². The second kappa shape index (κ2) is 4.08. The maximum atomic E-state index is 12.4. The highest BCUT2D eigenvalue weighted by Crippen LogP contribution is 2.44. The van der Waals surface area contributed by atoms with E-state index < -0.39 is 10.3 Å². The van der Waals surface area contributed by atoms with E-state index in [0.717, 1.165) is 11.3 Å². The van der Waals surface area contributed by atoms with Crippen molar-refractivity contribution in [3.63, 3.8) is 0 Å². The van der Waals surface area contributed by atoms with Crippen molar-refractivity contribution >= 4 is 17.3 Å². The number of amides is 1. The molecule has 1 amide bonds. The van der Waals surface area contributed by atoms with Gasteiger partial charge in [0.25, 0.3) is 5.69 Å². The lowest BCUT2D eigenvalue weighted by molar-refractivity contribution is -0.384. The molecule has 1 heterocycles. The van der Waals surface area contributed by atoms with Crippen molar-refractivity contribution in [2.45, 2.75) is 32.6 Å². The average Bonchev–Trinajstić information content (AvgIpc) is 2.58. The lowest BCUT2D eigenvalue weighted by atomic mass is 9.81. The molecule has 0 saturated carbocycles. The summed E-state index contributed by atoms with van der Waals surface area (Å²) in [5.41, 5.74) is 0.972. The molecule has 18 heavy (non-hydrogen) atoms. The number of likely N-dealkylation sites (N-methyl/N-ethyl adjacent to an activating group) is 1. The van der Waals surface area contributed by atoms with Crippen LogP contribution in [0, 0.1) is 10.1 Å². The van der Waals surface area contributed by atoms with Gasteiger partial charge in [0, 0.05) is 24.4 Å². The Hall–Kier alpha value is -1.91. The van der Waals surface area contributed by atoms with Gasteiger partial charge < -0.3 is 4.90 Å². The highest BCUT2D eigenvalue weighted by atomic mass is 16.6. The third-order valence-corrected chi connectivity index (χ3v) is 3.82. The number of fused-ring (bicyclic) bond motifs is 1. The van der Waals surface area contributed by atoms with Crippen LogP contribution in [0.1, 0.15) is 32.8 Å². The average molecular weight is 248 g/mol. The first kappa shape index (κ1) is 12.5. The number of rotatable bonds is 3. The van der Waals surface area contributed by atoms with Crippen LogP contribution >= 0.6 is 0 Å². The number of anilines is 1. The van der Waals surface area contributed by atoms with Gasteiger partial charge in [0.15, 0.2) is 0 Å². The summed E-state index contributed by atoms with van der Waals surface area (Å²) in [4.78, 5) is 24.5. The van der Waals surface area contributed by atoms with Gasteiger partial charge in [0.2, 0.25) is 5.91 Å². The summed E-state index contributed by atoms with van der Waals surface area (Å²) in [5, 5.41) is 10.8. The van der Waals surface area contributed by atoms with Crippen molar-refractivity contribution in [2.24, 2.45) is 0 Å². The molecule has 5 nitrogen and oxygen atoms in total. The van der Waals surface area contributed by atoms with Crippen LogP contribution in [0.2, 0.25) is 0 Å². The number of nitro groups is 1. The topological polar surface area (TPSA) is 63.5 Å². The van der Waals surface area contributed by atoms with E-state index in [4.69, 9.17) is 0 Å². The van der Waals surface area contributed by atoms with Crippen molar-refractivity contribution in [3.05, 3.63) is 33.9 Å². The van der Waals surface area contributed by atoms with E-state index >= 15 is 0 Å². The van der Waals surface area contributed by atoms with Crippen molar-refractivity contribution in [1.29, 1.82) is 0 Å². The van der Waals surface area contributed by atoms with Crippen LogP contribution in [-0.4, -0.2) is 17.4 Å². The first-order valence-corrected chi connectivity index (χ1v) is 6.06. The Bertz CT molecular complexity index is 527. The summed E-state index contributed by atoms with van der Waals surface area (Å²) >= 11 is 0. The van der Waals surface area contributed by atoms with E-state index in [-0.39, 0.29) is 11.6 Å². The van der Waals surface area contributed by atoms with Gasteiger partial charge in [-0.2, -0.15) is 0 Å². The molecule has 96 valence electrons. The van der Waals surface area contributed by atoms with Crippen LogP contribution in [0.25, 0.3) is 0 Å². The Balaban J connectivity index is 2.65.